The van der Waals surface area contributed by atoms with Crippen molar-refractivity contribution in [2.24, 2.45) is 5.73 Å². The number of nitrogens with two attached hydrogens (primary N) is 1. The topological polar surface area (TPSA) is 83.6 Å². The van der Waals surface area contributed by atoms with Crippen LogP contribution in [-0.2, 0) is 15.1 Å². The minimum atomic E-state index is -1.24. The van der Waals surface area contributed by atoms with Crippen molar-refractivity contribution in [3.8, 4) is 0 Å². The van der Waals surface area contributed by atoms with E-state index < -0.39 is 17.4 Å². The monoisotopic (exact) mass is 264 g/mol. The van der Waals surface area contributed by atoms with E-state index >= 15 is 0 Å². The second-order valence-electron chi connectivity index (χ2n) is 4.99. The zero-order chi connectivity index (χ0) is 14.6. The number of carbonyl (C=O) groups is 2. The third-order valence-corrected chi connectivity index (χ3v) is 3.01. The fourth-order valence-electron chi connectivity index (χ4n) is 1.84. The summed E-state index contributed by atoms with van der Waals surface area (Å²) < 4.78 is 0. The smallest absolute Gasteiger partial charge is 0.323 e. The predicted molar refractivity (Wildman–Crippen MR) is 72.5 cm³/mol. The van der Waals surface area contributed by atoms with Crippen molar-refractivity contribution in [1.82, 2.24) is 4.90 Å². The molecule has 1 amide bonds. The highest BCUT2D eigenvalue weighted by atomic mass is 16.4. The van der Waals surface area contributed by atoms with E-state index in [1.165, 1.54) is 4.90 Å². The Morgan fingerprint density at radius 2 is 1.84 bits per heavy atom. The highest BCUT2D eigenvalue weighted by Gasteiger charge is 2.36. The van der Waals surface area contributed by atoms with E-state index in [0.717, 1.165) is 0 Å². The Morgan fingerprint density at radius 3 is 2.26 bits per heavy atom. The molecule has 0 fully saturated rings. The number of aliphatic carboxylic acids is 1. The van der Waals surface area contributed by atoms with Gasteiger partial charge >= 0.3 is 5.97 Å². The first-order valence-corrected chi connectivity index (χ1v) is 6.14. The molecule has 104 valence electrons. The summed E-state index contributed by atoms with van der Waals surface area (Å²) in [6.07, 6.45) is 0. The fourth-order valence-corrected chi connectivity index (χ4v) is 1.84. The lowest BCUT2D eigenvalue weighted by Gasteiger charge is -2.33. The van der Waals surface area contributed by atoms with E-state index in [1.54, 1.807) is 45.0 Å². The summed E-state index contributed by atoms with van der Waals surface area (Å²) in [7, 11) is 0. The van der Waals surface area contributed by atoms with Gasteiger partial charge in [0.15, 0.2) is 0 Å². The van der Waals surface area contributed by atoms with Crippen LogP contribution in [0.4, 0.5) is 0 Å². The molecule has 1 aromatic carbocycles. The first-order valence-electron chi connectivity index (χ1n) is 6.14. The van der Waals surface area contributed by atoms with Crippen LogP contribution in [0.1, 0.15) is 26.3 Å². The molecule has 0 radical (unpaired) electrons. The third-order valence-electron chi connectivity index (χ3n) is 3.01. The van der Waals surface area contributed by atoms with Gasteiger partial charge in [0.1, 0.15) is 12.1 Å². The summed E-state index contributed by atoms with van der Waals surface area (Å²) in [5, 5.41) is 8.88. The largest absolute Gasteiger partial charge is 0.480 e. The van der Waals surface area contributed by atoms with Gasteiger partial charge < -0.3 is 15.7 Å². The van der Waals surface area contributed by atoms with Gasteiger partial charge in [-0.3, -0.25) is 9.59 Å². The zero-order valence-corrected chi connectivity index (χ0v) is 11.5. The maximum Gasteiger partial charge on any atom is 0.323 e. The summed E-state index contributed by atoms with van der Waals surface area (Å²) in [5.41, 5.74) is 5.54. The minimum Gasteiger partial charge on any atom is -0.480 e. The Morgan fingerprint density at radius 1 is 1.32 bits per heavy atom. The highest BCUT2D eigenvalue weighted by molar-refractivity contribution is 5.89. The van der Waals surface area contributed by atoms with Gasteiger partial charge in [-0.15, -0.1) is 0 Å². The molecule has 5 heteroatoms. The molecule has 0 saturated carbocycles. The van der Waals surface area contributed by atoms with Crippen LogP contribution >= 0.6 is 0 Å². The van der Waals surface area contributed by atoms with Crippen molar-refractivity contribution in [2.45, 2.75) is 32.4 Å². The first-order chi connectivity index (χ1) is 8.76. The normalized spacial score (nSPS) is 13.9. The summed E-state index contributed by atoms with van der Waals surface area (Å²) >= 11 is 0. The molecule has 1 atom stereocenters. The van der Waals surface area contributed by atoms with Crippen LogP contribution in [-0.4, -0.2) is 34.5 Å². The zero-order valence-electron chi connectivity index (χ0n) is 11.5. The Balaban J connectivity index is 3.05. The number of amides is 1. The van der Waals surface area contributed by atoms with Crippen molar-refractivity contribution < 1.29 is 14.7 Å². The Labute approximate surface area is 113 Å². The van der Waals surface area contributed by atoms with Crippen LogP contribution in [0.2, 0.25) is 0 Å². The van der Waals surface area contributed by atoms with E-state index in [2.05, 4.69) is 0 Å². The molecule has 19 heavy (non-hydrogen) atoms. The molecule has 0 aliphatic carbocycles. The van der Waals surface area contributed by atoms with Crippen LogP contribution in [0.5, 0.6) is 0 Å². The molecule has 0 aliphatic rings. The fraction of sp³-hybridized carbons (Fsp3) is 0.429. The molecule has 0 saturated heterocycles. The average molecular weight is 264 g/mol. The number of carboxylic acid groups (broad SMARTS) is 1. The lowest BCUT2D eigenvalue weighted by atomic mass is 9.91. The molecule has 0 heterocycles. The van der Waals surface area contributed by atoms with Crippen LogP contribution in [0.15, 0.2) is 30.3 Å². The summed E-state index contributed by atoms with van der Waals surface area (Å²) in [6, 6.07) is 8.72. The van der Waals surface area contributed by atoms with Crippen molar-refractivity contribution >= 4 is 11.9 Å². The molecule has 1 rings (SSSR count). The number of carbonyl (C=O) groups excluding carboxylic acids is 1. The standard InChI is InChI=1S/C14H20N2O3/c1-10(2)16(9-12(17)18)13(19)14(3,15)11-7-5-4-6-8-11/h4-8,10H,9,15H2,1-3H3,(H,17,18). The van der Waals surface area contributed by atoms with Crippen LogP contribution in [0.3, 0.4) is 0 Å². The molecule has 0 spiro atoms. The molecule has 5 nitrogen and oxygen atoms in total. The maximum atomic E-state index is 12.5. The van der Waals surface area contributed by atoms with Gasteiger partial charge in [0.25, 0.3) is 0 Å². The van der Waals surface area contributed by atoms with Gasteiger partial charge in [0.2, 0.25) is 5.91 Å². The van der Waals surface area contributed by atoms with Gasteiger partial charge in [-0.05, 0) is 26.3 Å². The Bertz CT molecular complexity index is 455. The second kappa shape index (κ2) is 5.84. The van der Waals surface area contributed by atoms with Crippen molar-refractivity contribution in [2.75, 3.05) is 6.54 Å². The third kappa shape index (κ3) is 3.54. The number of benzene rings is 1. The summed E-state index contributed by atoms with van der Waals surface area (Å²) in [6.45, 7) is 4.78. The van der Waals surface area contributed by atoms with E-state index in [-0.39, 0.29) is 12.6 Å². The van der Waals surface area contributed by atoms with E-state index in [1.807, 2.05) is 6.07 Å². The molecular formula is C14H20N2O3. The van der Waals surface area contributed by atoms with E-state index in [9.17, 15) is 9.59 Å². The lowest BCUT2D eigenvalue weighted by Crippen LogP contribution is -2.54. The molecular weight excluding hydrogens is 244 g/mol. The van der Waals surface area contributed by atoms with Crippen LogP contribution in [0.25, 0.3) is 0 Å². The van der Waals surface area contributed by atoms with Crippen molar-refractivity contribution in [3.05, 3.63) is 35.9 Å². The van der Waals surface area contributed by atoms with Gasteiger partial charge in [-0.25, -0.2) is 0 Å². The summed E-state index contributed by atoms with van der Waals surface area (Å²) in [5.74, 6) is -1.44. The minimum absolute atomic E-state index is 0.227. The molecule has 3 N–H and O–H groups in total. The number of nitrogens with zero attached hydrogens (tertiary/aromatic N) is 1. The second-order valence-corrected chi connectivity index (χ2v) is 4.99. The van der Waals surface area contributed by atoms with Gasteiger partial charge in [-0.2, -0.15) is 0 Å². The molecule has 0 bridgehead atoms. The molecule has 1 unspecified atom stereocenters. The van der Waals surface area contributed by atoms with Gasteiger partial charge in [0, 0.05) is 6.04 Å². The average Bonchev–Trinajstić information content (AvgIpc) is 2.35. The number of hydrogen-bond acceptors (Lipinski definition) is 3. The van der Waals surface area contributed by atoms with Crippen LogP contribution in [0, 0.1) is 0 Å². The summed E-state index contributed by atoms with van der Waals surface area (Å²) in [4.78, 5) is 24.6. The molecule has 0 aliphatic heterocycles. The lowest BCUT2D eigenvalue weighted by molar-refractivity contribution is -0.148. The van der Waals surface area contributed by atoms with Crippen molar-refractivity contribution in [3.63, 3.8) is 0 Å². The number of hydrogen-bond donors (Lipinski definition) is 2. The quantitative estimate of drug-likeness (QED) is 0.836. The molecule has 0 aromatic heterocycles. The van der Waals surface area contributed by atoms with E-state index in [0.29, 0.717) is 5.56 Å². The van der Waals surface area contributed by atoms with Gasteiger partial charge in [0.05, 0.1) is 0 Å². The number of carboxylic acids is 1. The molecule has 1 aromatic rings. The van der Waals surface area contributed by atoms with E-state index in [4.69, 9.17) is 10.8 Å². The maximum absolute atomic E-state index is 12.5. The SMILES string of the molecule is CC(C)N(CC(=O)O)C(=O)C(C)(N)c1ccccc1. The Kier molecular flexibility index (Phi) is 4.67. The predicted octanol–water partition coefficient (Wildman–Crippen LogP) is 1.18. The first kappa shape index (κ1) is 15.2. The highest BCUT2D eigenvalue weighted by Crippen LogP contribution is 2.21. The van der Waals surface area contributed by atoms with Crippen LogP contribution < -0.4 is 5.73 Å². The Hall–Kier alpha value is -1.88. The van der Waals surface area contributed by atoms with Gasteiger partial charge in [-0.1, -0.05) is 30.3 Å². The number of rotatable bonds is 5. The van der Waals surface area contributed by atoms with Crippen molar-refractivity contribution in [1.29, 1.82) is 0 Å².